The van der Waals surface area contributed by atoms with E-state index in [1.165, 1.54) is 41.1 Å². The summed E-state index contributed by atoms with van der Waals surface area (Å²) in [6.45, 7) is 1.48. The van der Waals surface area contributed by atoms with Crippen molar-refractivity contribution in [1.29, 1.82) is 0 Å². The molecule has 1 aromatic heterocycles. The summed E-state index contributed by atoms with van der Waals surface area (Å²) in [6, 6.07) is 8.43. The molecule has 9 heteroatoms. The molecular formula is C16H22ClN4O2S2+. The van der Waals surface area contributed by atoms with Crippen LogP contribution >= 0.6 is 35.5 Å². The van der Waals surface area contributed by atoms with Crippen LogP contribution in [-0.2, 0) is 24.1 Å². The van der Waals surface area contributed by atoms with E-state index in [9.17, 15) is 9.59 Å². The predicted octanol–water partition coefficient (Wildman–Crippen LogP) is 2.45. The molecule has 0 radical (unpaired) electrons. The molecule has 2 aromatic rings. The molecule has 0 saturated heterocycles. The number of anilines is 1. The van der Waals surface area contributed by atoms with E-state index in [1.807, 2.05) is 5.38 Å². The zero-order chi connectivity index (χ0) is 17.4. The number of halogens is 1. The molecule has 2 rings (SSSR count). The lowest BCUT2D eigenvalue weighted by Gasteiger charge is -2.03. The summed E-state index contributed by atoms with van der Waals surface area (Å²) in [5, 5.41) is 5.22. The quantitative estimate of drug-likeness (QED) is 0.620. The van der Waals surface area contributed by atoms with Gasteiger partial charge in [-0.15, -0.1) is 23.7 Å². The molecule has 136 valence electrons. The van der Waals surface area contributed by atoms with Crippen molar-refractivity contribution in [3.05, 3.63) is 46.5 Å². The fourth-order valence-electron chi connectivity index (χ4n) is 2.09. The van der Waals surface area contributed by atoms with Gasteiger partial charge in [-0.2, -0.15) is 5.43 Å². The number of hydrogen-bond donors (Lipinski definition) is 3. The summed E-state index contributed by atoms with van der Waals surface area (Å²) in [4.78, 5) is 26.5. The summed E-state index contributed by atoms with van der Waals surface area (Å²) in [6.07, 6.45) is 2.60. The molecule has 0 spiro atoms. The van der Waals surface area contributed by atoms with Crippen LogP contribution in [0.3, 0.4) is 0 Å². The first-order chi connectivity index (χ1) is 11.6. The lowest BCUT2D eigenvalue weighted by atomic mass is 10.1. The van der Waals surface area contributed by atoms with Crippen LogP contribution in [0.15, 0.2) is 29.6 Å². The minimum absolute atomic E-state index is 0. The minimum Gasteiger partial charge on any atom is -0.302 e. The summed E-state index contributed by atoms with van der Waals surface area (Å²) >= 11 is 2.69. The number of quaternary nitrogens is 1. The molecule has 1 aromatic carbocycles. The fraction of sp³-hybridized carbons (Fsp3) is 0.312. The van der Waals surface area contributed by atoms with Gasteiger partial charge in [0.2, 0.25) is 5.91 Å². The maximum atomic E-state index is 11.1. The van der Waals surface area contributed by atoms with Crippen molar-refractivity contribution < 1.29 is 15.4 Å². The number of rotatable bonds is 7. The molecule has 0 bridgehead atoms. The lowest BCUT2D eigenvalue weighted by molar-refractivity contribution is -0.420. The van der Waals surface area contributed by atoms with E-state index in [1.54, 1.807) is 0 Å². The monoisotopic (exact) mass is 401 g/mol. The second-order valence-electron chi connectivity index (χ2n) is 5.20. The number of benzene rings is 1. The molecule has 6 nitrogen and oxygen atoms in total. The zero-order valence-corrected chi connectivity index (χ0v) is 16.4. The molecule has 25 heavy (non-hydrogen) atoms. The number of amides is 2. The first-order valence-corrected chi connectivity index (χ1v) is 9.43. The van der Waals surface area contributed by atoms with Crippen LogP contribution < -0.4 is 16.6 Å². The molecule has 0 aliphatic carbocycles. The summed E-state index contributed by atoms with van der Waals surface area (Å²) in [5.41, 5.74) is 5.80. The van der Waals surface area contributed by atoms with E-state index in [4.69, 9.17) is 0 Å². The van der Waals surface area contributed by atoms with Gasteiger partial charge < -0.3 is 5.32 Å². The van der Waals surface area contributed by atoms with Crippen LogP contribution in [0.4, 0.5) is 9.93 Å². The highest BCUT2D eigenvalue weighted by atomic mass is 35.5. The van der Waals surface area contributed by atoms with Crippen molar-refractivity contribution in [2.75, 3.05) is 11.1 Å². The maximum Gasteiger partial charge on any atom is 0.323 e. The fourth-order valence-corrected chi connectivity index (χ4v) is 3.50. The van der Waals surface area contributed by atoms with Crippen molar-refractivity contribution in [3.63, 3.8) is 0 Å². The Morgan fingerprint density at radius 1 is 1.16 bits per heavy atom. The van der Waals surface area contributed by atoms with E-state index in [0.29, 0.717) is 5.13 Å². The zero-order valence-electron chi connectivity index (χ0n) is 13.9. The van der Waals surface area contributed by atoms with Gasteiger partial charge in [0, 0.05) is 18.1 Å². The summed E-state index contributed by atoms with van der Waals surface area (Å²) < 4.78 is 0. The smallest absolute Gasteiger partial charge is 0.302 e. The summed E-state index contributed by atoms with van der Waals surface area (Å²) in [7, 11) is 0. The molecule has 0 unspecified atom stereocenters. The Hall–Kier alpha value is -1.61. The van der Waals surface area contributed by atoms with Gasteiger partial charge in [0.25, 0.3) is 0 Å². The molecule has 0 aliphatic heterocycles. The average molecular weight is 402 g/mol. The Balaban J connectivity index is 0.00000312. The molecule has 0 fully saturated rings. The van der Waals surface area contributed by atoms with Crippen LogP contribution in [0.25, 0.3) is 0 Å². The van der Waals surface area contributed by atoms with E-state index in [-0.39, 0.29) is 23.6 Å². The van der Waals surface area contributed by atoms with Crippen molar-refractivity contribution in [3.8, 4) is 0 Å². The highest BCUT2D eigenvalue weighted by Gasteiger charge is 2.05. The number of thioether (sulfide) groups is 1. The van der Waals surface area contributed by atoms with Gasteiger partial charge in [-0.3, -0.25) is 15.4 Å². The lowest BCUT2D eigenvalue weighted by Crippen LogP contribution is -2.66. The van der Waals surface area contributed by atoms with E-state index < -0.39 is 0 Å². The van der Waals surface area contributed by atoms with Crippen molar-refractivity contribution in [2.45, 2.75) is 26.2 Å². The van der Waals surface area contributed by atoms with Gasteiger partial charge >= 0.3 is 5.24 Å². The van der Waals surface area contributed by atoms with Crippen LogP contribution in [-0.4, -0.2) is 21.9 Å². The number of nitrogens with zero attached hydrogens (tertiary/aromatic N) is 1. The molecule has 1 heterocycles. The van der Waals surface area contributed by atoms with Crippen LogP contribution in [0, 0.1) is 0 Å². The van der Waals surface area contributed by atoms with Crippen molar-refractivity contribution in [1.82, 2.24) is 10.4 Å². The molecule has 2 amide bonds. The average Bonchev–Trinajstić information content (AvgIpc) is 3.00. The number of carbonyl (C=O) groups excluding carboxylic acids is 2. The molecular weight excluding hydrogens is 380 g/mol. The largest absolute Gasteiger partial charge is 0.323 e. The van der Waals surface area contributed by atoms with Gasteiger partial charge in [0.15, 0.2) is 5.13 Å². The Morgan fingerprint density at radius 3 is 2.40 bits per heavy atom. The van der Waals surface area contributed by atoms with Crippen molar-refractivity contribution >= 4 is 51.8 Å². The Kier molecular flexibility index (Phi) is 9.51. The summed E-state index contributed by atoms with van der Waals surface area (Å²) in [5.74, 6) is 3.98. The van der Waals surface area contributed by atoms with E-state index in [0.717, 1.165) is 30.7 Å². The Morgan fingerprint density at radius 2 is 1.80 bits per heavy atom. The third-order valence-corrected chi connectivity index (χ3v) is 4.92. The van der Waals surface area contributed by atoms with Crippen LogP contribution in [0.1, 0.15) is 23.7 Å². The molecule has 0 atom stereocenters. The van der Waals surface area contributed by atoms with E-state index in [2.05, 4.69) is 45.8 Å². The van der Waals surface area contributed by atoms with Gasteiger partial charge in [-0.05, 0) is 30.4 Å². The molecule has 5 N–H and O–H groups in total. The number of carbonyl (C=O) groups is 2. The standard InChI is InChI=1S/C16H20N4O2S2.ClH/c1-11(21)18-15-19-14(10-24-15)7-6-12-2-4-13(5-3-12)8-9-23-16(22)20-17;/h2-5,10H,6-9,17H2,1H3,(H,20,22)(H,18,19,21);1H/p+1. The number of thiazole rings is 1. The SMILES string of the molecule is CC(=O)Nc1nc(CCc2ccc(CCSC(=O)N[NH3+])cc2)cs1.Cl. The normalized spacial score (nSPS) is 10.0. The number of nitrogens with one attached hydrogen (secondary N) is 2. The van der Waals surface area contributed by atoms with Crippen LogP contribution in [0.5, 0.6) is 0 Å². The first-order valence-electron chi connectivity index (χ1n) is 7.56. The molecule has 0 saturated carbocycles. The number of aromatic nitrogens is 1. The minimum atomic E-state index is -0.103. The van der Waals surface area contributed by atoms with Gasteiger partial charge in [-0.25, -0.2) is 4.98 Å². The van der Waals surface area contributed by atoms with Gasteiger partial charge in [0.1, 0.15) is 0 Å². The Bertz CT molecular complexity index is 692. The second kappa shape index (κ2) is 11.1. The van der Waals surface area contributed by atoms with Crippen LogP contribution in [0.2, 0.25) is 0 Å². The number of hydrogen-bond acceptors (Lipinski definition) is 5. The highest BCUT2D eigenvalue weighted by Crippen LogP contribution is 2.17. The van der Waals surface area contributed by atoms with Gasteiger partial charge in [0.05, 0.1) is 5.69 Å². The number of aryl methyl sites for hydroxylation is 3. The predicted molar refractivity (Wildman–Crippen MR) is 105 cm³/mol. The van der Waals surface area contributed by atoms with Crippen molar-refractivity contribution in [2.24, 2.45) is 0 Å². The topological polar surface area (TPSA) is 98.7 Å². The second-order valence-corrected chi connectivity index (χ2v) is 7.13. The van der Waals surface area contributed by atoms with E-state index >= 15 is 0 Å². The Labute approximate surface area is 161 Å². The molecule has 0 aliphatic rings. The third-order valence-electron chi connectivity index (χ3n) is 3.30. The third kappa shape index (κ3) is 7.87. The highest BCUT2D eigenvalue weighted by molar-refractivity contribution is 8.13. The maximum absolute atomic E-state index is 11.1. The first kappa shape index (κ1) is 21.4. The van der Waals surface area contributed by atoms with Gasteiger partial charge in [-0.1, -0.05) is 36.0 Å².